The van der Waals surface area contributed by atoms with Gasteiger partial charge < -0.3 is 9.88 Å². The van der Waals surface area contributed by atoms with Crippen LogP contribution in [0.25, 0.3) is 0 Å². The number of aryl methyl sites for hydroxylation is 1. The molecule has 21 heavy (non-hydrogen) atoms. The summed E-state index contributed by atoms with van der Waals surface area (Å²) in [4.78, 5) is 0. The first-order valence-corrected chi connectivity index (χ1v) is 8.36. The van der Waals surface area contributed by atoms with Gasteiger partial charge in [-0.2, -0.15) is 0 Å². The lowest BCUT2D eigenvalue weighted by atomic mass is 10.2. The molecule has 2 aromatic rings. The molecular weight excluding hydrogens is 287 g/mol. The Hall–Kier alpha value is -1.56. The summed E-state index contributed by atoms with van der Waals surface area (Å²) in [6.07, 6.45) is 4.70. The molecule has 0 bridgehead atoms. The molecule has 0 amide bonds. The first-order chi connectivity index (χ1) is 10.3. The highest BCUT2D eigenvalue weighted by atomic mass is 32.2. The van der Waals surface area contributed by atoms with Crippen LogP contribution >= 0.6 is 11.8 Å². The highest BCUT2D eigenvalue weighted by Crippen LogP contribution is 2.21. The lowest BCUT2D eigenvalue weighted by molar-refractivity contribution is 0.591. The molecule has 0 radical (unpaired) electrons. The minimum atomic E-state index is -0.209. The van der Waals surface area contributed by atoms with Gasteiger partial charge in [0.25, 0.3) is 0 Å². The summed E-state index contributed by atoms with van der Waals surface area (Å²) in [6, 6.07) is 6.74. The third kappa shape index (κ3) is 3.56. The van der Waals surface area contributed by atoms with Gasteiger partial charge >= 0.3 is 0 Å². The molecule has 1 aromatic carbocycles. The number of para-hydroxylation sites is 1. The van der Waals surface area contributed by atoms with Gasteiger partial charge in [0.1, 0.15) is 11.6 Å². The normalized spacial score (nSPS) is 14.5. The second-order valence-electron chi connectivity index (χ2n) is 5.12. The number of halogens is 1. The molecule has 4 nitrogen and oxygen atoms in total. The summed E-state index contributed by atoms with van der Waals surface area (Å²) < 4.78 is 15.7. The van der Waals surface area contributed by atoms with E-state index in [2.05, 4.69) is 20.1 Å². The zero-order chi connectivity index (χ0) is 14.5. The zero-order valence-electron chi connectivity index (χ0n) is 11.9. The van der Waals surface area contributed by atoms with Crippen molar-refractivity contribution >= 4 is 17.4 Å². The minimum absolute atomic E-state index is 0.209. The number of anilines is 1. The number of hydrogen-bond acceptors (Lipinski definition) is 4. The second-order valence-corrected chi connectivity index (χ2v) is 6.18. The van der Waals surface area contributed by atoms with Crippen LogP contribution in [-0.4, -0.2) is 27.1 Å². The smallest absolute Gasteiger partial charge is 0.191 e. The fourth-order valence-corrected chi connectivity index (χ4v) is 3.34. The van der Waals surface area contributed by atoms with E-state index in [1.165, 1.54) is 25.3 Å². The number of nitrogens with one attached hydrogen (secondary N) is 1. The highest BCUT2D eigenvalue weighted by Gasteiger charge is 2.14. The Bertz CT molecular complexity index is 599. The fraction of sp³-hybridized carbons (Fsp3) is 0.467. The summed E-state index contributed by atoms with van der Waals surface area (Å²) in [5, 5.41) is 12.7. The summed E-state index contributed by atoms with van der Waals surface area (Å²) in [7, 11) is 0. The van der Waals surface area contributed by atoms with Gasteiger partial charge in [0.05, 0.1) is 5.69 Å². The Labute approximate surface area is 128 Å². The van der Waals surface area contributed by atoms with E-state index in [9.17, 15) is 4.39 Å². The molecular formula is C15H19FN4S. The molecule has 0 saturated heterocycles. The molecule has 0 fully saturated rings. The first-order valence-electron chi connectivity index (χ1n) is 7.38. The molecule has 0 atom stereocenters. The number of thioether (sulfide) groups is 1. The molecule has 1 aromatic heterocycles. The van der Waals surface area contributed by atoms with Crippen LogP contribution < -0.4 is 5.32 Å². The van der Waals surface area contributed by atoms with Crippen LogP contribution in [0.5, 0.6) is 0 Å². The molecule has 0 saturated carbocycles. The number of fused-ring (bicyclic) bond motifs is 1. The number of benzene rings is 1. The summed E-state index contributed by atoms with van der Waals surface area (Å²) in [5.74, 6) is 1.74. The molecule has 2 heterocycles. The van der Waals surface area contributed by atoms with Crippen LogP contribution in [0.2, 0.25) is 0 Å². The SMILES string of the molecule is Fc1ccccc1NCCSc1nnc2n1CCCCC2. The van der Waals surface area contributed by atoms with Crippen molar-refractivity contribution in [1.29, 1.82) is 0 Å². The summed E-state index contributed by atoms with van der Waals surface area (Å²) in [6.45, 7) is 1.72. The quantitative estimate of drug-likeness (QED) is 0.679. The molecule has 3 rings (SSSR count). The van der Waals surface area contributed by atoms with Crippen molar-refractivity contribution in [2.45, 2.75) is 37.4 Å². The molecule has 1 aliphatic heterocycles. The molecule has 112 valence electrons. The van der Waals surface area contributed by atoms with Crippen molar-refractivity contribution in [2.24, 2.45) is 0 Å². The van der Waals surface area contributed by atoms with Gasteiger partial charge in [-0.05, 0) is 25.0 Å². The van der Waals surface area contributed by atoms with Gasteiger partial charge in [-0.1, -0.05) is 30.3 Å². The van der Waals surface area contributed by atoms with Crippen molar-refractivity contribution in [1.82, 2.24) is 14.8 Å². The summed E-state index contributed by atoms with van der Waals surface area (Å²) >= 11 is 1.68. The Morgan fingerprint density at radius 2 is 2.10 bits per heavy atom. The topological polar surface area (TPSA) is 42.7 Å². The molecule has 0 unspecified atom stereocenters. The Kier molecular flexibility index (Phi) is 4.75. The highest BCUT2D eigenvalue weighted by molar-refractivity contribution is 7.99. The standard InChI is InChI=1S/C15H19FN4S/c16-12-6-3-4-7-13(12)17-9-11-21-15-19-18-14-8-2-1-5-10-20(14)15/h3-4,6-7,17H,1-2,5,8-11H2. The van der Waals surface area contributed by atoms with Gasteiger partial charge in [-0.25, -0.2) is 4.39 Å². The number of nitrogens with zero attached hydrogens (tertiary/aromatic N) is 3. The average Bonchev–Trinajstić information content (AvgIpc) is 2.73. The van der Waals surface area contributed by atoms with E-state index in [-0.39, 0.29) is 5.82 Å². The summed E-state index contributed by atoms with van der Waals surface area (Å²) in [5.41, 5.74) is 0.554. The second kappa shape index (κ2) is 6.93. The first kappa shape index (κ1) is 14.4. The van der Waals surface area contributed by atoms with E-state index < -0.39 is 0 Å². The molecule has 6 heteroatoms. The maximum Gasteiger partial charge on any atom is 0.191 e. The molecule has 0 aliphatic carbocycles. The third-order valence-corrected chi connectivity index (χ3v) is 4.57. The van der Waals surface area contributed by atoms with Crippen LogP contribution in [0.4, 0.5) is 10.1 Å². The van der Waals surface area contributed by atoms with Crippen molar-refractivity contribution in [3.63, 3.8) is 0 Å². The van der Waals surface area contributed by atoms with Crippen molar-refractivity contribution in [3.8, 4) is 0 Å². The van der Waals surface area contributed by atoms with E-state index in [4.69, 9.17) is 0 Å². The van der Waals surface area contributed by atoms with Gasteiger partial charge in [-0.3, -0.25) is 0 Å². The van der Waals surface area contributed by atoms with Gasteiger partial charge in [0, 0.05) is 25.3 Å². The monoisotopic (exact) mass is 306 g/mol. The predicted octanol–water partition coefficient (Wildman–Crippen LogP) is 3.35. The van der Waals surface area contributed by atoms with E-state index in [1.807, 2.05) is 6.07 Å². The lowest BCUT2D eigenvalue weighted by Gasteiger charge is -2.08. The van der Waals surface area contributed by atoms with Gasteiger partial charge in [0.2, 0.25) is 0 Å². The van der Waals surface area contributed by atoms with E-state index in [0.29, 0.717) is 12.2 Å². The van der Waals surface area contributed by atoms with Crippen molar-refractivity contribution < 1.29 is 4.39 Å². The fourth-order valence-electron chi connectivity index (χ4n) is 2.50. The average molecular weight is 306 g/mol. The van der Waals surface area contributed by atoms with Gasteiger partial charge in [-0.15, -0.1) is 10.2 Å². The maximum atomic E-state index is 13.5. The van der Waals surface area contributed by atoms with Gasteiger partial charge in [0.15, 0.2) is 5.16 Å². The number of rotatable bonds is 5. The molecule has 1 aliphatic rings. The largest absolute Gasteiger partial charge is 0.382 e. The third-order valence-electron chi connectivity index (χ3n) is 3.60. The number of hydrogen-bond donors (Lipinski definition) is 1. The Balaban J connectivity index is 1.52. The molecule has 0 spiro atoms. The van der Waals surface area contributed by atoms with Crippen LogP contribution in [-0.2, 0) is 13.0 Å². The van der Waals surface area contributed by atoms with E-state index >= 15 is 0 Å². The van der Waals surface area contributed by atoms with Crippen LogP contribution in [0.15, 0.2) is 29.4 Å². The Morgan fingerprint density at radius 1 is 1.19 bits per heavy atom. The zero-order valence-corrected chi connectivity index (χ0v) is 12.7. The van der Waals surface area contributed by atoms with E-state index in [0.717, 1.165) is 29.7 Å². The van der Waals surface area contributed by atoms with Crippen molar-refractivity contribution in [2.75, 3.05) is 17.6 Å². The van der Waals surface area contributed by atoms with Crippen LogP contribution in [0.1, 0.15) is 25.1 Å². The lowest BCUT2D eigenvalue weighted by Crippen LogP contribution is -2.07. The minimum Gasteiger partial charge on any atom is -0.382 e. The van der Waals surface area contributed by atoms with Crippen molar-refractivity contribution in [3.05, 3.63) is 35.9 Å². The number of aromatic nitrogens is 3. The molecule has 1 N–H and O–H groups in total. The van der Waals surface area contributed by atoms with E-state index in [1.54, 1.807) is 23.9 Å². The van der Waals surface area contributed by atoms with Crippen LogP contribution in [0.3, 0.4) is 0 Å². The predicted molar refractivity (Wildman–Crippen MR) is 83.2 cm³/mol. The van der Waals surface area contributed by atoms with Crippen LogP contribution in [0, 0.1) is 5.82 Å². The Morgan fingerprint density at radius 3 is 3.00 bits per heavy atom. The maximum absolute atomic E-state index is 13.5.